The quantitative estimate of drug-likeness (QED) is 0.775. The molecule has 4 aliphatic rings. The summed E-state index contributed by atoms with van der Waals surface area (Å²) in [7, 11) is 0. The maximum Gasteiger partial charge on any atom is 0.239 e. The van der Waals surface area contributed by atoms with Crippen molar-refractivity contribution in [1.29, 1.82) is 0 Å². The lowest BCUT2D eigenvalue weighted by atomic mass is 9.49. The molecule has 4 fully saturated rings. The number of rotatable bonds is 6. The van der Waals surface area contributed by atoms with Crippen molar-refractivity contribution in [2.45, 2.75) is 57.9 Å². The molecule has 4 nitrogen and oxygen atoms in total. The molecule has 0 heterocycles. The van der Waals surface area contributed by atoms with Crippen molar-refractivity contribution in [2.24, 2.45) is 23.2 Å². The molecule has 0 aromatic heterocycles. The molecule has 1 atom stereocenters. The summed E-state index contributed by atoms with van der Waals surface area (Å²) in [4.78, 5) is 24.6. The molecule has 152 valence electrons. The van der Waals surface area contributed by atoms with E-state index in [0.29, 0.717) is 6.42 Å². The van der Waals surface area contributed by atoms with Crippen LogP contribution in [0.1, 0.15) is 63.5 Å². The fourth-order valence-electron chi connectivity index (χ4n) is 6.31. The Morgan fingerprint density at radius 3 is 2.25 bits per heavy atom. The lowest BCUT2D eigenvalue weighted by molar-refractivity contribution is -0.132. The molecule has 2 N–H and O–H groups in total. The third-order valence-electron chi connectivity index (χ3n) is 6.95. The predicted molar refractivity (Wildman–Crippen MR) is 101 cm³/mol. The number of amides is 2. The first-order valence-corrected chi connectivity index (χ1v) is 10.3. The first kappa shape index (κ1) is 19.3. The second kappa shape index (κ2) is 7.45. The van der Waals surface area contributed by atoms with Gasteiger partial charge in [-0.15, -0.1) is 0 Å². The van der Waals surface area contributed by atoms with E-state index in [1.807, 2.05) is 0 Å². The van der Waals surface area contributed by atoms with Crippen LogP contribution in [0.15, 0.2) is 18.2 Å². The molecule has 4 aliphatic carbocycles. The summed E-state index contributed by atoms with van der Waals surface area (Å²) in [5, 5.41) is 5.39. The highest BCUT2D eigenvalue weighted by Crippen LogP contribution is 2.61. The second-order valence-corrected chi connectivity index (χ2v) is 9.33. The highest BCUT2D eigenvalue weighted by molar-refractivity contribution is 5.85. The van der Waals surface area contributed by atoms with Crippen molar-refractivity contribution >= 4 is 11.8 Å². The number of nitrogens with one attached hydrogen (secondary N) is 2. The zero-order chi connectivity index (χ0) is 19.9. The molecule has 0 aliphatic heterocycles. The Morgan fingerprint density at radius 1 is 1.07 bits per heavy atom. The van der Waals surface area contributed by atoms with E-state index < -0.39 is 17.7 Å². The molecule has 0 unspecified atom stereocenters. The molecule has 4 saturated carbocycles. The Balaban J connectivity index is 1.26. The molecule has 1 aromatic carbocycles. The monoisotopic (exact) mass is 390 g/mol. The Hall–Kier alpha value is -1.98. The Kier molecular flexibility index (Phi) is 5.15. The number of carbonyl (C=O) groups is 2. The summed E-state index contributed by atoms with van der Waals surface area (Å²) in [5.41, 5.74) is 0.356. The Labute approximate surface area is 164 Å². The van der Waals surface area contributed by atoms with E-state index in [-0.39, 0.29) is 29.3 Å². The minimum absolute atomic E-state index is 0.0716. The fraction of sp³-hybridized carbons (Fsp3) is 0.636. The van der Waals surface area contributed by atoms with Crippen molar-refractivity contribution in [3.05, 3.63) is 35.4 Å². The van der Waals surface area contributed by atoms with Crippen LogP contribution in [-0.4, -0.2) is 18.4 Å². The largest absolute Gasteiger partial charge is 0.348 e. The van der Waals surface area contributed by atoms with Crippen LogP contribution >= 0.6 is 0 Å². The molecular weight excluding hydrogens is 362 g/mol. The summed E-state index contributed by atoms with van der Waals surface area (Å²) in [6.45, 7) is 1.50. The summed E-state index contributed by atoms with van der Waals surface area (Å²) in [5.74, 6) is 0.555. The summed E-state index contributed by atoms with van der Waals surface area (Å²) in [6, 6.07) is 2.68. The first-order chi connectivity index (χ1) is 13.3. The van der Waals surface area contributed by atoms with Gasteiger partial charge in [0.05, 0.1) is 12.6 Å². The lowest BCUT2D eigenvalue weighted by Crippen LogP contribution is -2.48. The van der Waals surface area contributed by atoms with Gasteiger partial charge in [-0.25, -0.2) is 8.78 Å². The standard InChI is InChI=1S/C22H28F2N2O2/c1-13(18-3-2-17(23)7-19(18)24)26-21(28)12-25-20(27)11-22-8-14-4-15(9-22)6-16(5-14)10-22/h2-3,7,13-16H,4-6,8-12H2,1H3,(H,25,27)(H,26,28)/t13-,14?,15?,16?,22?/m1/s1. The summed E-state index contributed by atoms with van der Waals surface area (Å²) < 4.78 is 26.8. The average molecular weight is 390 g/mol. The van der Waals surface area contributed by atoms with Gasteiger partial charge in [0.1, 0.15) is 11.6 Å². The van der Waals surface area contributed by atoms with Gasteiger partial charge in [0.2, 0.25) is 11.8 Å². The van der Waals surface area contributed by atoms with Crippen LogP contribution in [0.5, 0.6) is 0 Å². The van der Waals surface area contributed by atoms with Crippen molar-refractivity contribution in [1.82, 2.24) is 10.6 Å². The molecule has 5 rings (SSSR count). The first-order valence-electron chi connectivity index (χ1n) is 10.3. The number of hydrogen-bond acceptors (Lipinski definition) is 2. The zero-order valence-electron chi connectivity index (χ0n) is 16.3. The molecule has 2 amide bonds. The van der Waals surface area contributed by atoms with Crippen LogP contribution in [-0.2, 0) is 9.59 Å². The molecule has 4 bridgehead atoms. The molecule has 0 saturated heterocycles. The summed E-state index contributed by atoms with van der Waals surface area (Å²) >= 11 is 0. The molecule has 0 radical (unpaired) electrons. The maximum absolute atomic E-state index is 13.8. The van der Waals surface area contributed by atoms with Crippen molar-refractivity contribution in [2.75, 3.05) is 6.54 Å². The van der Waals surface area contributed by atoms with Crippen molar-refractivity contribution in [3.8, 4) is 0 Å². The lowest BCUT2D eigenvalue weighted by Gasteiger charge is -2.56. The van der Waals surface area contributed by atoms with Gasteiger partial charge in [0.15, 0.2) is 0 Å². The highest BCUT2D eigenvalue weighted by Gasteiger charge is 2.51. The number of benzene rings is 1. The van der Waals surface area contributed by atoms with Gasteiger partial charge in [-0.3, -0.25) is 9.59 Å². The predicted octanol–water partition coefficient (Wildman–Crippen LogP) is 3.86. The highest BCUT2D eigenvalue weighted by atomic mass is 19.1. The minimum Gasteiger partial charge on any atom is -0.348 e. The van der Waals surface area contributed by atoms with E-state index in [2.05, 4.69) is 10.6 Å². The van der Waals surface area contributed by atoms with Crippen LogP contribution in [0, 0.1) is 34.8 Å². The van der Waals surface area contributed by atoms with Gasteiger partial charge in [0.25, 0.3) is 0 Å². The normalized spacial score (nSPS) is 31.5. The molecule has 6 heteroatoms. The van der Waals surface area contributed by atoms with Gasteiger partial charge in [-0.1, -0.05) is 6.07 Å². The van der Waals surface area contributed by atoms with Gasteiger partial charge >= 0.3 is 0 Å². The number of hydrogen-bond donors (Lipinski definition) is 2. The Bertz CT molecular complexity index is 745. The number of halogens is 2. The van der Waals surface area contributed by atoms with Crippen LogP contribution in [0.2, 0.25) is 0 Å². The molecule has 28 heavy (non-hydrogen) atoms. The molecule has 1 aromatic rings. The summed E-state index contributed by atoms with van der Waals surface area (Å²) in [6.07, 6.45) is 7.97. The van der Waals surface area contributed by atoms with Gasteiger partial charge in [-0.2, -0.15) is 0 Å². The average Bonchev–Trinajstić information content (AvgIpc) is 2.58. The van der Waals surface area contributed by atoms with E-state index in [1.165, 1.54) is 25.3 Å². The van der Waals surface area contributed by atoms with Gasteiger partial charge in [-0.05, 0) is 74.7 Å². The van der Waals surface area contributed by atoms with Crippen LogP contribution < -0.4 is 10.6 Å². The minimum atomic E-state index is -0.696. The Morgan fingerprint density at radius 2 is 1.68 bits per heavy atom. The van der Waals surface area contributed by atoms with Crippen molar-refractivity contribution < 1.29 is 18.4 Å². The van der Waals surface area contributed by atoms with E-state index in [0.717, 1.165) is 49.1 Å². The van der Waals surface area contributed by atoms with Crippen LogP contribution in [0.4, 0.5) is 8.78 Å². The van der Waals surface area contributed by atoms with Crippen molar-refractivity contribution in [3.63, 3.8) is 0 Å². The smallest absolute Gasteiger partial charge is 0.239 e. The molecule has 0 spiro atoms. The van der Waals surface area contributed by atoms with E-state index in [4.69, 9.17) is 0 Å². The van der Waals surface area contributed by atoms with Gasteiger partial charge < -0.3 is 10.6 Å². The third kappa shape index (κ3) is 4.06. The third-order valence-corrected chi connectivity index (χ3v) is 6.95. The maximum atomic E-state index is 13.8. The topological polar surface area (TPSA) is 58.2 Å². The SMILES string of the molecule is C[C@@H](NC(=O)CNC(=O)CC12CC3CC(CC(C3)C1)C2)c1ccc(F)cc1F. The van der Waals surface area contributed by atoms with E-state index in [9.17, 15) is 18.4 Å². The number of carbonyl (C=O) groups excluding carboxylic acids is 2. The van der Waals surface area contributed by atoms with E-state index in [1.54, 1.807) is 6.92 Å². The van der Waals surface area contributed by atoms with Crippen LogP contribution in [0.3, 0.4) is 0 Å². The molecular formula is C22H28F2N2O2. The zero-order valence-corrected chi connectivity index (χ0v) is 16.3. The van der Waals surface area contributed by atoms with E-state index >= 15 is 0 Å². The second-order valence-electron chi connectivity index (χ2n) is 9.33. The van der Waals surface area contributed by atoms with Gasteiger partial charge in [0, 0.05) is 18.1 Å². The van der Waals surface area contributed by atoms with Crippen LogP contribution in [0.25, 0.3) is 0 Å². The fourth-order valence-corrected chi connectivity index (χ4v) is 6.31.